The molecule has 17 heavy (non-hydrogen) atoms. The number of aromatic nitrogens is 1. The Balaban J connectivity index is 2.28. The van der Waals surface area contributed by atoms with Gasteiger partial charge < -0.3 is 4.52 Å². The quantitative estimate of drug-likeness (QED) is 0.803. The first-order chi connectivity index (χ1) is 7.98. The first-order valence-corrected chi connectivity index (χ1v) is 5.33. The van der Waals surface area contributed by atoms with Gasteiger partial charge in [0.1, 0.15) is 11.4 Å². The Bertz CT molecular complexity index is 488. The zero-order valence-electron chi connectivity index (χ0n) is 9.65. The minimum Gasteiger partial charge on any atom is -0.357 e. The highest BCUT2D eigenvalue weighted by atomic mass is 19.2. The van der Waals surface area contributed by atoms with E-state index in [1.165, 1.54) is 19.9 Å². The second-order valence-corrected chi connectivity index (χ2v) is 4.41. The van der Waals surface area contributed by atoms with Gasteiger partial charge in [0.15, 0.2) is 11.9 Å². The van der Waals surface area contributed by atoms with E-state index in [1.807, 2.05) is 30.3 Å². The zero-order valence-corrected chi connectivity index (χ0v) is 9.65. The molecule has 0 N–H and O–H groups in total. The van der Waals surface area contributed by atoms with E-state index < -0.39 is 11.8 Å². The predicted molar refractivity (Wildman–Crippen MR) is 61.0 cm³/mol. The summed E-state index contributed by atoms with van der Waals surface area (Å²) in [4.78, 5) is 0. The molecule has 0 bridgehead atoms. The summed E-state index contributed by atoms with van der Waals surface area (Å²) in [5.74, 6) is -0.0867. The van der Waals surface area contributed by atoms with Gasteiger partial charge in [-0.1, -0.05) is 35.5 Å². The SMILES string of the molecule is CC(C)(F)C(F)c1cc(-c2ccccc2)no1. The van der Waals surface area contributed by atoms with Crippen LogP contribution in [0.5, 0.6) is 0 Å². The number of rotatable bonds is 3. The smallest absolute Gasteiger partial charge is 0.193 e. The number of nitrogens with zero attached hydrogens (tertiary/aromatic N) is 1. The van der Waals surface area contributed by atoms with Crippen molar-refractivity contribution in [1.29, 1.82) is 0 Å². The molecular formula is C13H13F2NO. The summed E-state index contributed by atoms with van der Waals surface area (Å²) in [5, 5.41) is 3.74. The maximum absolute atomic E-state index is 13.7. The number of alkyl halides is 2. The van der Waals surface area contributed by atoms with Crippen LogP contribution < -0.4 is 0 Å². The van der Waals surface area contributed by atoms with Gasteiger partial charge >= 0.3 is 0 Å². The van der Waals surface area contributed by atoms with E-state index in [9.17, 15) is 8.78 Å². The molecule has 0 aliphatic carbocycles. The summed E-state index contributed by atoms with van der Waals surface area (Å²) in [7, 11) is 0. The Morgan fingerprint density at radius 1 is 1.24 bits per heavy atom. The highest BCUT2D eigenvalue weighted by Gasteiger charge is 2.34. The Labute approximate surface area is 98.2 Å². The molecule has 90 valence electrons. The maximum atomic E-state index is 13.7. The third-order valence-electron chi connectivity index (χ3n) is 2.45. The number of benzene rings is 1. The molecule has 2 rings (SSSR count). The van der Waals surface area contributed by atoms with Gasteiger partial charge in [-0.25, -0.2) is 8.78 Å². The van der Waals surface area contributed by atoms with Gasteiger partial charge in [-0.15, -0.1) is 0 Å². The second kappa shape index (κ2) is 4.28. The van der Waals surface area contributed by atoms with Crippen molar-refractivity contribution in [3.8, 4) is 11.3 Å². The van der Waals surface area contributed by atoms with E-state index in [0.29, 0.717) is 5.69 Å². The molecule has 0 fully saturated rings. The monoisotopic (exact) mass is 237 g/mol. The molecule has 0 saturated carbocycles. The van der Waals surface area contributed by atoms with Crippen molar-refractivity contribution in [1.82, 2.24) is 5.16 Å². The van der Waals surface area contributed by atoms with E-state index in [2.05, 4.69) is 5.16 Å². The lowest BCUT2D eigenvalue weighted by Crippen LogP contribution is -2.19. The van der Waals surface area contributed by atoms with Gasteiger partial charge in [0.2, 0.25) is 0 Å². The van der Waals surface area contributed by atoms with E-state index >= 15 is 0 Å². The Kier molecular flexibility index (Phi) is 2.96. The van der Waals surface area contributed by atoms with Crippen LogP contribution >= 0.6 is 0 Å². The van der Waals surface area contributed by atoms with Crippen LogP contribution in [-0.4, -0.2) is 10.8 Å². The first-order valence-electron chi connectivity index (χ1n) is 5.33. The zero-order chi connectivity index (χ0) is 12.5. The van der Waals surface area contributed by atoms with E-state index in [4.69, 9.17) is 4.52 Å². The van der Waals surface area contributed by atoms with Crippen molar-refractivity contribution >= 4 is 0 Å². The van der Waals surface area contributed by atoms with Gasteiger partial charge in [0.05, 0.1) is 0 Å². The van der Waals surface area contributed by atoms with E-state index in [1.54, 1.807) is 0 Å². The number of halogens is 2. The van der Waals surface area contributed by atoms with Gasteiger partial charge in [0, 0.05) is 11.6 Å². The molecule has 0 spiro atoms. The molecular weight excluding hydrogens is 224 g/mol. The van der Waals surface area contributed by atoms with Gasteiger partial charge in [-0.2, -0.15) is 0 Å². The summed E-state index contributed by atoms with van der Waals surface area (Å²) in [6.45, 7) is 2.34. The number of hydrogen-bond donors (Lipinski definition) is 0. The number of hydrogen-bond acceptors (Lipinski definition) is 2. The third-order valence-corrected chi connectivity index (χ3v) is 2.45. The van der Waals surface area contributed by atoms with Crippen molar-refractivity contribution in [3.05, 3.63) is 42.2 Å². The lowest BCUT2D eigenvalue weighted by atomic mass is 10.0. The summed E-state index contributed by atoms with van der Waals surface area (Å²) in [6, 6.07) is 10.6. The van der Waals surface area contributed by atoms with Crippen molar-refractivity contribution in [2.45, 2.75) is 25.7 Å². The van der Waals surface area contributed by atoms with Crippen LogP contribution in [0.25, 0.3) is 11.3 Å². The van der Waals surface area contributed by atoms with Gasteiger partial charge in [0.25, 0.3) is 0 Å². The van der Waals surface area contributed by atoms with E-state index in [-0.39, 0.29) is 5.76 Å². The van der Waals surface area contributed by atoms with Gasteiger partial charge in [-0.3, -0.25) is 0 Å². The Morgan fingerprint density at radius 2 is 1.88 bits per heavy atom. The molecule has 1 aromatic heterocycles. The normalized spacial score (nSPS) is 13.6. The molecule has 0 saturated heterocycles. The lowest BCUT2D eigenvalue weighted by molar-refractivity contribution is 0.0648. The molecule has 0 aliphatic heterocycles. The highest BCUT2D eigenvalue weighted by Crippen LogP contribution is 2.34. The minimum atomic E-state index is -1.98. The summed E-state index contributed by atoms with van der Waals surface area (Å²) in [5.41, 5.74) is -0.660. The summed E-state index contributed by atoms with van der Waals surface area (Å²) >= 11 is 0. The standard InChI is InChI=1S/C13H13F2NO/c1-13(2,15)12(14)11-8-10(16-17-11)9-6-4-3-5-7-9/h3-8,12H,1-2H3. The van der Waals surface area contributed by atoms with Crippen LogP contribution in [0.2, 0.25) is 0 Å². The van der Waals surface area contributed by atoms with Crippen molar-refractivity contribution in [2.75, 3.05) is 0 Å². The average Bonchev–Trinajstić information content (AvgIpc) is 2.77. The molecule has 1 atom stereocenters. The Hall–Kier alpha value is -1.71. The molecule has 1 heterocycles. The largest absolute Gasteiger partial charge is 0.357 e. The molecule has 0 amide bonds. The Morgan fingerprint density at radius 3 is 2.47 bits per heavy atom. The molecule has 0 radical (unpaired) electrons. The summed E-state index contributed by atoms with van der Waals surface area (Å²) < 4.78 is 31.9. The molecule has 1 unspecified atom stereocenters. The fourth-order valence-electron chi connectivity index (χ4n) is 1.49. The first kappa shape index (κ1) is 11.8. The second-order valence-electron chi connectivity index (χ2n) is 4.41. The summed E-state index contributed by atoms with van der Waals surface area (Å²) in [6.07, 6.45) is -1.81. The maximum Gasteiger partial charge on any atom is 0.193 e. The minimum absolute atomic E-state index is 0.0867. The molecule has 4 heteroatoms. The third kappa shape index (κ3) is 2.52. The van der Waals surface area contributed by atoms with Crippen LogP contribution in [0.1, 0.15) is 25.8 Å². The fraction of sp³-hybridized carbons (Fsp3) is 0.308. The topological polar surface area (TPSA) is 26.0 Å². The van der Waals surface area contributed by atoms with Crippen LogP contribution in [0.4, 0.5) is 8.78 Å². The molecule has 2 nitrogen and oxygen atoms in total. The highest BCUT2D eigenvalue weighted by molar-refractivity contribution is 5.58. The van der Waals surface area contributed by atoms with E-state index in [0.717, 1.165) is 5.56 Å². The van der Waals surface area contributed by atoms with Crippen LogP contribution in [0, 0.1) is 0 Å². The molecule has 1 aromatic carbocycles. The van der Waals surface area contributed by atoms with Crippen molar-refractivity contribution in [3.63, 3.8) is 0 Å². The molecule has 2 aromatic rings. The van der Waals surface area contributed by atoms with Crippen LogP contribution in [-0.2, 0) is 0 Å². The average molecular weight is 237 g/mol. The van der Waals surface area contributed by atoms with Crippen molar-refractivity contribution < 1.29 is 13.3 Å². The van der Waals surface area contributed by atoms with Crippen molar-refractivity contribution in [2.24, 2.45) is 0 Å². The fourth-order valence-corrected chi connectivity index (χ4v) is 1.49. The van der Waals surface area contributed by atoms with Gasteiger partial charge in [-0.05, 0) is 13.8 Å². The lowest BCUT2D eigenvalue weighted by Gasteiger charge is -2.16. The van der Waals surface area contributed by atoms with Crippen LogP contribution in [0.15, 0.2) is 40.9 Å². The van der Waals surface area contributed by atoms with Crippen LogP contribution in [0.3, 0.4) is 0 Å². The molecule has 0 aliphatic rings. The predicted octanol–water partition coefficient (Wildman–Crippen LogP) is 4.10.